The van der Waals surface area contributed by atoms with Gasteiger partial charge in [-0.1, -0.05) is 48.5 Å². The SMILES string of the molecule is O[C@@H]1Cc2ccccc2C12CCN(Cc1cccc(Cn3cccn3)c1)CC2. The molecule has 1 N–H and O–H groups in total. The number of likely N-dealkylation sites (tertiary alicyclic amines) is 1. The molecule has 4 nitrogen and oxygen atoms in total. The molecule has 1 spiro atoms. The number of aliphatic hydroxyl groups excluding tert-OH is 1. The van der Waals surface area contributed by atoms with E-state index in [1.165, 1.54) is 22.3 Å². The molecule has 2 aliphatic rings. The second-order valence-corrected chi connectivity index (χ2v) is 8.33. The fourth-order valence-corrected chi connectivity index (χ4v) is 5.15. The number of piperidine rings is 1. The first-order chi connectivity index (χ1) is 13.7. The summed E-state index contributed by atoms with van der Waals surface area (Å²) in [7, 11) is 0. The van der Waals surface area contributed by atoms with Crippen molar-refractivity contribution in [3.05, 3.63) is 89.2 Å². The molecule has 1 saturated heterocycles. The van der Waals surface area contributed by atoms with Gasteiger partial charge in [-0.2, -0.15) is 5.10 Å². The predicted molar refractivity (Wildman–Crippen MR) is 110 cm³/mol. The molecule has 0 unspecified atom stereocenters. The van der Waals surface area contributed by atoms with Gasteiger partial charge in [-0.15, -0.1) is 0 Å². The molecule has 1 aliphatic heterocycles. The predicted octanol–water partition coefficient (Wildman–Crippen LogP) is 3.38. The second-order valence-electron chi connectivity index (χ2n) is 8.33. The summed E-state index contributed by atoms with van der Waals surface area (Å²) in [5.41, 5.74) is 5.34. The Morgan fingerprint density at radius 2 is 1.75 bits per heavy atom. The average molecular weight is 374 g/mol. The highest BCUT2D eigenvalue weighted by molar-refractivity contribution is 5.42. The zero-order valence-corrected chi connectivity index (χ0v) is 16.2. The van der Waals surface area contributed by atoms with Gasteiger partial charge >= 0.3 is 0 Å². The lowest BCUT2D eigenvalue weighted by Crippen LogP contribution is -2.47. The van der Waals surface area contributed by atoms with Crippen LogP contribution in [-0.2, 0) is 24.9 Å². The summed E-state index contributed by atoms with van der Waals surface area (Å²) in [5, 5.41) is 15.1. The van der Waals surface area contributed by atoms with Crippen molar-refractivity contribution in [2.75, 3.05) is 13.1 Å². The van der Waals surface area contributed by atoms with Gasteiger partial charge in [0.05, 0.1) is 12.6 Å². The Bertz CT molecular complexity index is 942. The van der Waals surface area contributed by atoms with Crippen molar-refractivity contribution in [3.8, 4) is 0 Å². The number of nitrogens with zero attached hydrogens (tertiary/aromatic N) is 3. The van der Waals surface area contributed by atoms with Crippen LogP contribution in [0.3, 0.4) is 0 Å². The number of rotatable bonds is 4. The van der Waals surface area contributed by atoms with Crippen LogP contribution in [0.1, 0.15) is 35.1 Å². The number of benzene rings is 2. The average Bonchev–Trinajstić information content (AvgIpc) is 3.31. The Labute approximate surface area is 166 Å². The van der Waals surface area contributed by atoms with Gasteiger partial charge in [0.15, 0.2) is 0 Å². The highest BCUT2D eigenvalue weighted by atomic mass is 16.3. The molecule has 3 aromatic rings. The van der Waals surface area contributed by atoms with Crippen LogP contribution in [0.5, 0.6) is 0 Å². The third-order valence-corrected chi connectivity index (χ3v) is 6.65. The summed E-state index contributed by atoms with van der Waals surface area (Å²) in [5.74, 6) is 0. The van der Waals surface area contributed by atoms with Gasteiger partial charge in [0.25, 0.3) is 0 Å². The molecule has 0 amide bonds. The van der Waals surface area contributed by atoms with E-state index in [2.05, 4.69) is 58.5 Å². The minimum atomic E-state index is -0.232. The maximum atomic E-state index is 10.8. The zero-order chi connectivity index (χ0) is 19.0. The Hall–Kier alpha value is -2.43. The van der Waals surface area contributed by atoms with E-state index in [0.717, 1.165) is 45.4 Å². The molecule has 1 fully saturated rings. The smallest absolute Gasteiger partial charge is 0.0678 e. The highest BCUT2D eigenvalue weighted by Crippen LogP contribution is 2.46. The van der Waals surface area contributed by atoms with Crippen LogP contribution in [0.4, 0.5) is 0 Å². The number of aromatic nitrogens is 2. The van der Waals surface area contributed by atoms with Crippen molar-refractivity contribution in [2.45, 2.75) is 43.9 Å². The van der Waals surface area contributed by atoms with E-state index in [4.69, 9.17) is 0 Å². The molecule has 1 aromatic heterocycles. The third kappa shape index (κ3) is 3.17. The lowest BCUT2D eigenvalue weighted by Gasteiger charge is -2.42. The van der Waals surface area contributed by atoms with Crippen LogP contribution in [0.15, 0.2) is 67.0 Å². The molecular formula is C24H27N3O. The van der Waals surface area contributed by atoms with Crippen LogP contribution in [0.2, 0.25) is 0 Å². The standard InChI is InChI=1S/C24H27N3O/c28-23-16-21-7-1-2-8-22(21)24(23)9-13-26(14-10-24)17-19-5-3-6-20(15-19)18-27-12-4-11-25-27/h1-8,11-12,15,23,28H,9-10,13-14,16-18H2/t23-/m1/s1. The summed E-state index contributed by atoms with van der Waals surface area (Å²) in [4.78, 5) is 2.53. The molecule has 144 valence electrons. The summed E-state index contributed by atoms with van der Waals surface area (Å²) in [6.07, 6.45) is 6.48. The molecular weight excluding hydrogens is 346 g/mol. The summed E-state index contributed by atoms with van der Waals surface area (Å²) >= 11 is 0. The Morgan fingerprint density at radius 3 is 2.54 bits per heavy atom. The van der Waals surface area contributed by atoms with Crippen molar-refractivity contribution in [1.29, 1.82) is 0 Å². The van der Waals surface area contributed by atoms with E-state index in [1.54, 1.807) is 0 Å². The fraction of sp³-hybridized carbons (Fsp3) is 0.375. The van der Waals surface area contributed by atoms with Gasteiger partial charge in [0, 0.05) is 24.4 Å². The molecule has 4 heteroatoms. The van der Waals surface area contributed by atoms with E-state index in [1.807, 2.05) is 23.1 Å². The molecule has 1 atom stereocenters. The van der Waals surface area contributed by atoms with Gasteiger partial charge in [-0.3, -0.25) is 9.58 Å². The summed E-state index contributed by atoms with van der Waals surface area (Å²) in [6.45, 7) is 3.86. The van der Waals surface area contributed by atoms with Crippen LogP contribution in [0.25, 0.3) is 0 Å². The van der Waals surface area contributed by atoms with Gasteiger partial charge in [-0.25, -0.2) is 0 Å². The first kappa shape index (κ1) is 17.7. The minimum absolute atomic E-state index is 0.0327. The topological polar surface area (TPSA) is 41.3 Å². The largest absolute Gasteiger partial charge is 0.392 e. The van der Waals surface area contributed by atoms with Gasteiger partial charge in [-0.05, 0) is 60.7 Å². The van der Waals surface area contributed by atoms with Crippen LogP contribution in [0, 0.1) is 0 Å². The van der Waals surface area contributed by atoms with Crippen molar-refractivity contribution < 1.29 is 5.11 Å². The quantitative estimate of drug-likeness (QED) is 0.762. The lowest BCUT2D eigenvalue weighted by molar-refractivity contribution is 0.0414. The summed E-state index contributed by atoms with van der Waals surface area (Å²) < 4.78 is 1.96. The van der Waals surface area contributed by atoms with E-state index in [9.17, 15) is 5.11 Å². The number of fused-ring (bicyclic) bond motifs is 2. The molecule has 0 radical (unpaired) electrons. The van der Waals surface area contributed by atoms with Gasteiger partial charge in [0.1, 0.15) is 0 Å². The maximum Gasteiger partial charge on any atom is 0.0678 e. The molecule has 0 bridgehead atoms. The molecule has 1 aliphatic carbocycles. The van der Waals surface area contributed by atoms with E-state index in [-0.39, 0.29) is 11.5 Å². The first-order valence-electron chi connectivity index (χ1n) is 10.3. The fourth-order valence-electron chi connectivity index (χ4n) is 5.15. The van der Waals surface area contributed by atoms with Crippen LogP contribution in [-0.4, -0.2) is 39.0 Å². The van der Waals surface area contributed by atoms with Crippen LogP contribution < -0.4 is 0 Å². The van der Waals surface area contributed by atoms with E-state index < -0.39 is 0 Å². The number of hydrogen-bond acceptors (Lipinski definition) is 3. The monoisotopic (exact) mass is 373 g/mol. The van der Waals surface area contributed by atoms with Crippen molar-refractivity contribution in [2.24, 2.45) is 0 Å². The van der Waals surface area contributed by atoms with Crippen molar-refractivity contribution >= 4 is 0 Å². The third-order valence-electron chi connectivity index (χ3n) is 6.65. The summed E-state index contributed by atoms with van der Waals surface area (Å²) in [6, 6.07) is 19.4. The molecule has 0 saturated carbocycles. The molecule has 28 heavy (non-hydrogen) atoms. The van der Waals surface area contributed by atoms with Crippen LogP contribution >= 0.6 is 0 Å². The number of hydrogen-bond donors (Lipinski definition) is 1. The normalized spacial score (nSPS) is 21.1. The molecule has 2 heterocycles. The lowest BCUT2D eigenvalue weighted by atomic mass is 9.72. The molecule has 2 aromatic carbocycles. The number of aliphatic hydroxyl groups is 1. The Kier molecular flexibility index (Phi) is 4.53. The highest BCUT2D eigenvalue weighted by Gasteiger charge is 2.47. The van der Waals surface area contributed by atoms with Gasteiger partial charge < -0.3 is 5.11 Å². The van der Waals surface area contributed by atoms with Crippen molar-refractivity contribution in [1.82, 2.24) is 14.7 Å². The maximum absolute atomic E-state index is 10.8. The van der Waals surface area contributed by atoms with Crippen molar-refractivity contribution in [3.63, 3.8) is 0 Å². The molecule has 5 rings (SSSR count). The minimum Gasteiger partial charge on any atom is -0.392 e. The van der Waals surface area contributed by atoms with E-state index in [0.29, 0.717) is 0 Å². The Balaban J connectivity index is 1.26. The Morgan fingerprint density at radius 1 is 0.964 bits per heavy atom. The van der Waals surface area contributed by atoms with E-state index >= 15 is 0 Å². The van der Waals surface area contributed by atoms with Gasteiger partial charge in [0.2, 0.25) is 0 Å². The zero-order valence-electron chi connectivity index (χ0n) is 16.2. The first-order valence-corrected chi connectivity index (χ1v) is 10.3. The second kappa shape index (κ2) is 7.19.